The maximum atomic E-state index is 12.8. The smallest absolute Gasteiger partial charge is 0.209 e. The Morgan fingerprint density at radius 3 is 2.81 bits per heavy atom. The predicted molar refractivity (Wildman–Crippen MR) is 76.5 cm³/mol. The van der Waals surface area contributed by atoms with Gasteiger partial charge in [-0.25, -0.2) is 9.07 Å². The van der Waals surface area contributed by atoms with Crippen LogP contribution in [-0.4, -0.2) is 20.6 Å². The van der Waals surface area contributed by atoms with Crippen LogP contribution >= 0.6 is 11.8 Å². The average Bonchev–Trinajstić information content (AvgIpc) is 2.84. The average molecular weight is 307 g/mol. The Bertz CT molecular complexity index is 622. The predicted octanol–water partition coefficient (Wildman–Crippen LogP) is 2.11. The Hall–Kier alpha value is -2.27. The van der Waals surface area contributed by atoms with Crippen LogP contribution in [-0.2, 0) is 6.61 Å². The van der Waals surface area contributed by atoms with Gasteiger partial charge in [-0.05, 0) is 30.7 Å². The molecule has 0 saturated heterocycles. The summed E-state index contributed by atoms with van der Waals surface area (Å²) in [5.74, 6) is 7.31. The lowest BCUT2D eigenvalue weighted by molar-refractivity contribution is 0.291. The van der Waals surface area contributed by atoms with Crippen molar-refractivity contribution in [1.82, 2.24) is 14.9 Å². The highest BCUT2D eigenvalue weighted by molar-refractivity contribution is 7.99. The van der Waals surface area contributed by atoms with Crippen molar-refractivity contribution in [2.24, 2.45) is 0 Å². The minimum absolute atomic E-state index is 0.147. The van der Waals surface area contributed by atoms with Crippen LogP contribution in [0.15, 0.2) is 29.4 Å². The van der Waals surface area contributed by atoms with E-state index in [-0.39, 0.29) is 12.4 Å². The molecule has 21 heavy (non-hydrogen) atoms. The number of thioether (sulfide) groups is 1. The molecule has 2 aromatic rings. The van der Waals surface area contributed by atoms with E-state index in [2.05, 4.69) is 16.3 Å². The van der Waals surface area contributed by atoms with Crippen molar-refractivity contribution >= 4 is 11.8 Å². The van der Waals surface area contributed by atoms with Crippen LogP contribution in [0.1, 0.15) is 18.7 Å². The van der Waals surface area contributed by atoms with Gasteiger partial charge in [-0.15, -0.1) is 10.2 Å². The summed E-state index contributed by atoms with van der Waals surface area (Å²) in [5.41, 5.74) is 0. The van der Waals surface area contributed by atoms with Crippen molar-refractivity contribution in [3.63, 3.8) is 0 Å². The van der Waals surface area contributed by atoms with E-state index in [1.54, 1.807) is 0 Å². The summed E-state index contributed by atoms with van der Waals surface area (Å²) in [6.45, 7) is 0.147. The molecular weight excluding hydrogens is 293 g/mol. The number of benzene rings is 1. The third-order valence-corrected chi connectivity index (χ3v) is 3.61. The molecule has 1 aromatic carbocycles. The van der Waals surface area contributed by atoms with Crippen molar-refractivity contribution in [1.29, 1.82) is 5.26 Å². The lowest BCUT2D eigenvalue weighted by Gasteiger charge is -2.06. The second kappa shape index (κ2) is 7.50. The zero-order valence-corrected chi connectivity index (χ0v) is 12.0. The minimum Gasteiger partial charge on any atom is -0.486 e. The first kappa shape index (κ1) is 15.1. The van der Waals surface area contributed by atoms with Gasteiger partial charge in [-0.1, -0.05) is 11.8 Å². The van der Waals surface area contributed by atoms with Crippen molar-refractivity contribution in [2.45, 2.75) is 24.6 Å². The number of nitriles is 1. The molecule has 8 heteroatoms. The molecule has 0 aliphatic heterocycles. The van der Waals surface area contributed by atoms with E-state index in [4.69, 9.17) is 15.8 Å². The summed E-state index contributed by atoms with van der Waals surface area (Å²) in [4.78, 5) is 0. The number of aromatic nitrogens is 3. The SMILES string of the molecule is N#CCCCSc1nnc(COc2ccc(F)cc2)n1N. The molecule has 1 aromatic heterocycles. The Morgan fingerprint density at radius 1 is 1.33 bits per heavy atom. The first-order valence-electron chi connectivity index (χ1n) is 6.28. The molecule has 0 bridgehead atoms. The van der Waals surface area contributed by atoms with Crippen LogP contribution in [0.3, 0.4) is 0 Å². The van der Waals surface area contributed by atoms with Crippen LogP contribution in [0, 0.1) is 17.1 Å². The quantitative estimate of drug-likeness (QED) is 0.478. The lowest BCUT2D eigenvalue weighted by Crippen LogP contribution is -2.15. The van der Waals surface area contributed by atoms with Gasteiger partial charge in [0.1, 0.15) is 18.2 Å². The third kappa shape index (κ3) is 4.36. The molecule has 2 N–H and O–H groups in total. The zero-order chi connectivity index (χ0) is 15.1. The Kier molecular flexibility index (Phi) is 5.40. The van der Waals surface area contributed by atoms with Gasteiger partial charge in [0, 0.05) is 12.2 Å². The van der Waals surface area contributed by atoms with E-state index >= 15 is 0 Å². The number of unbranched alkanes of at least 4 members (excludes halogenated alkanes) is 1. The number of nitrogens with zero attached hydrogens (tertiary/aromatic N) is 4. The Balaban J connectivity index is 1.88. The van der Waals surface area contributed by atoms with Gasteiger partial charge in [0.15, 0.2) is 5.82 Å². The first-order chi connectivity index (χ1) is 10.2. The lowest BCUT2D eigenvalue weighted by atomic mass is 10.3. The normalized spacial score (nSPS) is 10.3. The van der Waals surface area contributed by atoms with Crippen LogP contribution < -0.4 is 10.6 Å². The molecule has 110 valence electrons. The van der Waals surface area contributed by atoms with Gasteiger partial charge in [0.25, 0.3) is 0 Å². The topological polar surface area (TPSA) is 89.8 Å². The highest BCUT2D eigenvalue weighted by atomic mass is 32.2. The van der Waals surface area contributed by atoms with Crippen LogP contribution in [0.5, 0.6) is 5.75 Å². The maximum Gasteiger partial charge on any atom is 0.209 e. The zero-order valence-electron chi connectivity index (χ0n) is 11.2. The van der Waals surface area contributed by atoms with Gasteiger partial charge in [0.05, 0.1) is 6.07 Å². The molecule has 0 fully saturated rings. The summed E-state index contributed by atoms with van der Waals surface area (Å²) in [6, 6.07) is 7.78. The van der Waals surface area contributed by atoms with Gasteiger partial charge in [-0.3, -0.25) is 0 Å². The standard InChI is InChI=1S/C13H14FN5OS/c14-10-3-5-11(6-4-10)20-9-12-17-18-13(19(12)16)21-8-2-1-7-15/h3-6H,1-2,8-9,16H2. The molecule has 0 unspecified atom stereocenters. The Morgan fingerprint density at radius 2 is 2.10 bits per heavy atom. The van der Waals surface area contributed by atoms with Crippen molar-refractivity contribution in [3.05, 3.63) is 35.9 Å². The highest BCUT2D eigenvalue weighted by Gasteiger charge is 2.10. The summed E-state index contributed by atoms with van der Waals surface area (Å²) in [6.07, 6.45) is 1.28. The second-order valence-corrected chi connectivity index (χ2v) is 5.18. The molecule has 0 amide bonds. The number of hydrogen-bond donors (Lipinski definition) is 1. The van der Waals surface area contributed by atoms with Gasteiger partial charge < -0.3 is 10.6 Å². The third-order valence-electron chi connectivity index (χ3n) is 2.58. The number of nitrogens with two attached hydrogens (primary N) is 1. The highest BCUT2D eigenvalue weighted by Crippen LogP contribution is 2.17. The molecule has 0 aliphatic rings. The van der Waals surface area contributed by atoms with Crippen LogP contribution in [0.2, 0.25) is 0 Å². The molecule has 2 rings (SSSR count). The fourth-order valence-corrected chi connectivity index (χ4v) is 2.31. The van der Waals surface area contributed by atoms with E-state index in [0.717, 1.165) is 12.2 Å². The molecule has 0 spiro atoms. The number of rotatable bonds is 7. The molecule has 0 aliphatic carbocycles. The second-order valence-electron chi connectivity index (χ2n) is 4.12. The number of halogens is 1. The fraction of sp³-hybridized carbons (Fsp3) is 0.308. The fourth-order valence-electron chi connectivity index (χ4n) is 1.50. The van der Waals surface area contributed by atoms with Crippen molar-refractivity contribution < 1.29 is 9.13 Å². The van der Waals surface area contributed by atoms with Crippen LogP contribution in [0.25, 0.3) is 0 Å². The summed E-state index contributed by atoms with van der Waals surface area (Å²) < 4.78 is 19.6. The van der Waals surface area contributed by atoms with E-state index in [1.807, 2.05) is 0 Å². The van der Waals surface area contributed by atoms with Gasteiger partial charge in [-0.2, -0.15) is 5.26 Å². The molecule has 6 nitrogen and oxygen atoms in total. The maximum absolute atomic E-state index is 12.8. The minimum atomic E-state index is -0.319. The monoisotopic (exact) mass is 307 g/mol. The van der Waals surface area contributed by atoms with E-state index in [1.165, 1.54) is 40.7 Å². The summed E-state index contributed by atoms with van der Waals surface area (Å²) >= 11 is 1.44. The van der Waals surface area contributed by atoms with Gasteiger partial charge in [0.2, 0.25) is 5.16 Å². The Labute approximate surface area is 125 Å². The van der Waals surface area contributed by atoms with E-state index < -0.39 is 0 Å². The molecule has 0 saturated carbocycles. The van der Waals surface area contributed by atoms with Crippen molar-refractivity contribution in [2.75, 3.05) is 11.6 Å². The largest absolute Gasteiger partial charge is 0.486 e. The number of hydrogen-bond acceptors (Lipinski definition) is 6. The van der Waals surface area contributed by atoms with E-state index in [0.29, 0.717) is 23.2 Å². The van der Waals surface area contributed by atoms with Crippen LogP contribution in [0.4, 0.5) is 4.39 Å². The molecule has 1 heterocycles. The number of ether oxygens (including phenoxy) is 1. The molecular formula is C13H14FN5OS. The number of nitrogen functional groups attached to an aromatic ring is 1. The summed E-state index contributed by atoms with van der Waals surface area (Å²) in [7, 11) is 0. The van der Waals surface area contributed by atoms with Gasteiger partial charge >= 0.3 is 0 Å². The van der Waals surface area contributed by atoms with E-state index in [9.17, 15) is 4.39 Å². The first-order valence-corrected chi connectivity index (χ1v) is 7.26. The summed E-state index contributed by atoms with van der Waals surface area (Å²) in [5, 5.41) is 17.0. The van der Waals surface area contributed by atoms with Crippen molar-refractivity contribution in [3.8, 4) is 11.8 Å². The molecule has 0 atom stereocenters. The molecule has 0 radical (unpaired) electrons.